The van der Waals surface area contributed by atoms with Crippen LogP contribution in [0.2, 0.25) is 0 Å². The molecule has 0 bridgehead atoms. The molecule has 3 aromatic carbocycles. The molecule has 1 amide bonds. The van der Waals surface area contributed by atoms with E-state index < -0.39 is 15.9 Å². The summed E-state index contributed by atoms with van der Waals surface area (Å²) >= 11 is 3.35. The summed E-state index contributed by atoms with van der Waals surface area (Å²) in [5.74, 6) is 0.925. The molecule has 0 spiro atoms. The highest BCUT2D eigenvalue weighted by Gasteiger charge is 2.27. The molecule has 0 saturated carbocycles. The first-order valence-corrected chi connectivity index (χ1v) is 12.4. The number of rotatable bonds is 10. The third-order valence-corrected chi connectivity index (χ3v) is 7.08. The number of benzene rings is 3. The Bertz CT molecular complexity index is 1160. The van der Waals surface area contributed by atoms with E-state index in [4.69, 9.17) is 9.47 Å². The van der Waals surface area contributed by atoms with Crippen LogP contribution in [-0.4, -0.2) is 41.1 Å². The largest absolute Gasteiger partial charge is 0.497 e. The highest BCUT2D eigenvalue weighted by atomic mass is 79.9. The Hall–Kier alpha value is -3.04. The lowest BCUT2D eigenvalue weighted by molar-refractivity contribution is -0.119. The Morgan fingerprint density at radius 3 is 2.15 bits per heavy atom. The Labute approximate surface area is 202 Å². The average Bonchev–Trinajstić information content (AvgIpc) is 2.81. The Kier molecular flexibility index (Phi) is 8.35. The second kappa shape index (κ2) is 11.2. The van der Waals surface area contributed by atoms with E-state index in [1.807, 2.05) is 6.92 Å². The molecule has 174 valence electrons. The first kappa shape index (κ1) is 24.6. The van der Waals surface area contributed by atoms with Gasteiger partial charge in [0, 0.05) is 4.47 Å². The Balaban J connectivity index is 1.67. The van der Waals surface area contributed by atoms with Crippen molar-refractivity contribution in [1.82, 2.24) is 5.32 Å². The molecular formula is C24H25BrN2O5S. The molecule has 0 radical (unpaired) electrons. The van der Waals surface area contributed by atoms with Crippen LogP contribution in [0.15, 0.2) is 82.2 Å². The van der Waals surface area contributed by atoms with E-state index in [2.05, 4.69) is 21.2 Å². The Morgan fingerprint density at radius 2 is 1.55 bits per heavy atom. The molecule has 33 heavy (non-hydrogen) atoms. The third kappa shape index (κ3) is 6.72. The lowest BCUT2D eigenvalue weighted by Gasteiger charge is -2.24. The molecule has 1 N–H and O–H groups in total. The average molecular weight is 533 g/mol. The molecule has 0 aliphatic carbocycles. The van der Waals surface area contributed by atoms with Gasteiger partial charge in [0.1, 0.15) is 24.7 Å². The minimum Gasteiger partial charge on any atom is -0.497 e. The van der Waals surface area contributed by atoms with Gasteiger partial charge in [-0.2, -0.15) is 0 Å². The normalized spacial score (nSPS) is 11.0. The summed E-state index contributed by atoms with van der Waals surface area (Å²) < 4.78 is 39.3. The van der Waals surface area contributed by atoms with Crippen LogP contribution >= 0.6 is 15.9 Å². The third-order valence-electron chi connectivity index (χ3n) is 4.76. The van der Waals surface area contributed by atoms with Crippen LogP contribution in [0, 0.1) is 6.92 Å². The van der Waals surface area contributed by atoms with Crippen molar-refractivity contribution in [2.75, 3.05) is 31.1 Å². The molecular weight excluding hydrogens is 508 g/mol. The highest BCUT2D eigenvalue weighted by Crippen LogP contribution is 2.25. The fourth-order valence-corrected chi connectivity index (χ4v) is 4.66. The maximum Gasteiger partial charge on any atom is 0.264 e. The lowest BCUT2D eigenvalue weighted by Crippen LogP contribution is -2.41. The van der Waals surface area contributed by atoms with E-state index in [0.29, 0.717) is 11.4 Å². The van der Waals surface area contributed by atoms with Crippen LogP contribution in [0.3, 0.4) is 0 Å². The van der Waals surface area contributed by atoms with Crippen molar-refractivity contribution in [3.05, 3.63) is 82.8 Å². The zero-order valence-corrected chi connectivity index (χ0v) is 20.7. The first-order chi connectivity index (χ1) is 15.8. The van der Waals surface area contributed by atoms with E-state index in [9.17, 15) is 13.2 Å². The fourth-order valence-electron chi connectivity index (χ4n) is 2.98. The minimum absolute atomic E-state index is 0.117. The number of nitrogens with one attached hydrogen (secondary N) is 1. The van der Waals surface area contributed by atoms with E-state index >= 15 is 0 Å². The van der Waals surface area contributed by atoms with Gasteiger partial charge in [-0.05, 0) is 67.6 Å². The Morgan fingerprint density at radius 1 is 0.939 bits per heavy atom. The molecule has 9 heteroatoms. The summed E-state index contributed by atoms with van der Waals surface area (Å²) in [4.78, 5) is 12.7. The van der Waals surface area contributed by atoms with Gasteiger partial charge in [-0.1, -0.05) is 33.6 Å². The van der Waals surface area contributed by atoms with Crippen molar-refractivity contribution in [3.63, 3.8) is 0 Å². The molecule has 0 aliphatic heterocycles. The second-order valence-corrected chi connectivity index (χ2v) is 9.95. The predicted octanol–water partition coefficient (Wildman–Crippen LogP) is 4.16. The molecule has 0 heterocycles. The summed E-state index contributed by atoms with van der Waals surface area (Å²) in [7, 11) is -2.36. The molecule has 3 aromatic rings. The number of carbonyl (C=O) groups is 1. The number of aryl methyl sites for hydroxylation is 1. The van der Waals surface area contributed by atoms with Crippen molar-refractivity contribution >= 4 is 37.5 Å². The maximum absolute atomic E-state index is 13.3. The number of ether oxygens (including phenoxy) is 2. The van der Waals surface area contributed by atoms with Gasteiger partial charge in [0.05, 0.1) is 24.2 Å². The molecule has 0 aromatic heterocycles. The number of halogens is 1. The zero-order chi connectivity index (χ0) is 23.8. The van der Waals surface area contributed by atoms with Crippen molar-refractivity contribution in [2.45, 2.75) is 11.8 Å². The number of hydrogen-bond acceptors (Lipinski definition) is 5. The molecule has 0 saturated heterocycles. The van der Waals surface area contributed by atoms with Gasteiger partial charge in [0.25, 0.3) is 10.0 Å². The quantitative estimate of drug-likeness (QED) is 0.396. The van der Waals surface area contributed by atoms with Gasteiger partial charge in [0.2, 0.25) is 5.91 Å². The highest BCUT2D eigenvalue weighted by molar-refractivity contribution is 9.10. The number of anilines is 1. The van der Waals surface area contributed by atoms with Gasteiger partial charge in [0.15, 0.2) is 0 Å². The molecule has 0 fully saturated rings. The zero-order valence-electron chi connectivity index (χ0n) is 18.3. The molecule has 0 unspecified atom stereocenters. The summed E-state index contributed by atoms with van der Waals surface area (Å²) in [5, 5.41) is 2.72. The second-order valence-electron chi connectivity index (χ2n) is 7.18. The van der Waals surface area contributed by atoms with Crippen LogP contribution < -0.4 is 19.1 Å². The van der Waals surface area contributed by atoms with Crippen molar-refractivity contribution in [1.29, 1.82) is 0 Å². The number of amides is 1. The number of carbonyl (C=O) groups excluding carboxylic acids is 1. The maximum atomic E-state index is 13.3. The van der Waals surface area contributed by atoms with Crippen molar-refractivity contribution in [2.24, 2.45) is 0 Å². The summed E-state index contributed by atoms with van der Waals surface area (Å²) in [5.41, 5.74) is 1.34. The monoisotopic (exact) mass is 532 g/mol. The molecule has 7 nitrogen and oxygen atoms in total. The summed E-state index contributed by atoms with van der Waals surface area (Å²) in [6.07, 6.45) is 0. The number of hydrogen-bond donors (Lipinski definition) is 1. The van der Waals surface area contributed by atoms with Crippen LogP contribution in [0.4, 0.5) is 5.69 Å². The summed E-state index contributed by atoms with van der Waals surface area (Å²) in [6, 6.07) is 20.4. The van der Waals surface area contributed by atoms with Gasteiger partial charge in [-0.25, -0.2) is 8.42 Å². The first-order valence-electron chi connectivity index (χ1n) is 10.2. The van der Waals surface area contributed by atoms with E-state index in [1.54, 1.807) is 67.8 Å². The van der Waals surface area contributed by atoms with Gasteiger partial charge < -0.3 is 14.8 Å². The van der Waals surface area contributed by atoms with Gasteiger partial charge in [-0.15, -0.1) is 0 Å². The number of methoxy groups -OCH3 is 1. The van der Waals surface area contributed by atoms with Crippen LogP contribution in [-0.2, 0) is 14.8 Å². The molecule has 3 rings (SSSR count). The standard InChI is InChI=1S/C24H25BrN2O5S/c1-18-3-13-23(14-4-18)33(29,30)27(20-7-5-19(25)6-8-20)17-24(28)26-15-16-32-22-11-9-21(31-2)10-12-22/h3-14H,15-17H2,1-2H3,(H,26,28). The van der Waals surface area contributed by atoms with Gasteiger partial charge >= 0.3 is 0 Å². The van der Waals surface area contributed by atoms with E-state index in [1.165, 1.54) is 12.1 Å². The van der Waals surface area contributed by atoms with E-state index in [-0.39, 0.29) is 24.6 Å². The SMILES string of the molecule is COc1ccc(OCCNC(=O)CN(c2ccc(Br)cc2)S(=O)(=O)c2ccc(C)cc2)cc1. The van der Waals surface area contributed by atoms with Crippen LogP contribution in [0.1, 0.15) is 5.56 Å². The summed E-state index contributed by atoms with van der Waals surface area (Å²) in [6.45, 7) is 1.98. The number of nitrogens with zero attached hydrogens (tertiary/aromatic N) is 1. The topological polar surface area (TPSA) is 84.9 Å². The van der Waals surface area contributed by atoms with Gasteiger partial charge in [-0.3, -0.25) is 9.10 Å². The lowest BCUT2D eigenvalue weighted by atomic mass is 10.2. The molecule has 0 aliphatic rings. The van der Waals surface area contributed by atoms with Crippen LogP contribution in [0.5, 0.6) is 11.5 Å². The smallest absolute Gasteiger partial charge is 0.264 e. The molecule has 0 atom stereocenters. The minimum atomic E-state index is -3.94. The fraction of sp³-hybridized carbons (Fsp3) is 0.208. The van der Waals surface area contributed by atoms with Crippen molar-refractivity contribution in [3.8, 4) is 11.5 Å². The van der Waals surface area contributed by atoms with Crippen LogP contribution in [0.25, 0.3) is 0 Å². The number of sulfonamides is 1. The predicted molar refractivity (Wildman–Crippen MR) is 131 cm³/mol. The van der Waals surface area contributed by atoms with Crippen molar-refractivity contribution < 1.29 is 22.7 Å². The van der Waals surface area contributed by atoms with E-state index in [0.717, 1.165) is 20.1 Å².